The molecule has 0 aromatic carbocycles. The third-order valence-corrected chi connectivity index (χ3v) is 2.93. The van der Waals surface area contributed by atoms with Gasteiger partial charge in [-0.3, -0.25) is 0 Å². The molecule has 5 heteroatoms. The molecule has 1 heterocycles. The van der Waals surface area contributed by atoms with Crippen LogP contribution in [0.5, 0.6) is 5.88 Å². The van der Waals surface area contributed by atoms with Gasteiger partial charge in [-0.2, -0.15) is 0 Å². The minimum absolute atomic E-state index is 0.00426. The number of methoxy groups -OCH3 is 1. The Kier molecular flexibility index (Phi) is 3.58. The van der Waals surface area contributed by atoms with E-state index in [-0.39, 0.29) is 12.1 Å². The van der Waals surface area contributed by atoms with Crippen LogP contribution in [0, 0.1) is 0 Å². The number of ether oxygens (including phenoxy) is 2. The smallest absolute Gasteiger partial charge is 0.338 e. The molecule has 2 N–H and O–H groups in total. The van der Waals surface area contributed by atoms with Crippen molar-refractivity contribution < 1.29 is 14.3 Å². The van der Waals surface area contributed by atoms with Crippen LogP contribution in [-0.4, -0.2) is 30.2 Å². The highest BCUT2D eigenvalue weighted by Crippen LogP contribution is 2.22. The molecule has 2 atom stereocenters. The van der Waals surface area contributed by atoms with Crippen LogP contribution in [0.25, 0.3) is 0 Å². The first-order chi connectivity index (χ1) is 8.20. The number of hydrogen-bond donors (Lipinski definition) is 1. The lowest BCUT2D eigenvalue weighted by molar-refractivity contribution is 0.0599. The van der Waals surface area contributed by atoms with Gasteiger partial charge in [0.2, 0.25) is 5.88 Å². The summed E-state index contributed by atoms with van der Waals surface area (Å²) in [4.78, 5) is 15.4. The van der Waals surface area contributed by atoms with Crippen molar-refractivity contribution in [1.82, 2.24) is 4.98 Å². The summed E-state index contributed by atoms with van der Waals surface area (Å²) in [6.45, 7) is 0. The number of rotatable bonds is 3. The van der Waals surface area contributed by atoms with Gasteiger partial charge in [-0.05, 0) is 25.3 Å². The van der Waals surface area contributed by atoms with E-state index >= 15 is 0 Å². The van der Waals surface area contributed by atoms with Gasteiger partial charge in [-0.25, -0.2) is 9.78 Å². The van der Waals surface area contributed by atoms with Crippen molar-refractivity contribution in [3.05, 3.63) is 23.9 Å². The third-order valence-electron chi connectivity index (χ3n) is 2.93. The predicted octanol–water partition coefficient (Wildman–Crippen LogP) is 1.13. The number of nitrogens with zero attached hydrogens (tertiary/aromatic N) is 1. The molecule has 1 aromatic rings. The fourth-order valence-electron chi connectivity index (χ4n) is 1.97. The minimum atomic E-state index is -0.395. The standard InChI is InChI=1S/C12H16N2O3/c1-16-12(15)8-5-6-14-11(7-8)17-10-4-2-3-9(10)13/h5-7,9-10H,2-4,13H2,1H3. The molecule has 1 aliphatic rings. The lowest BCUT2D eigenvalue weighted by Crippen LogP contribution is -2.33. The highest BCUT2D eigenvalue weighted by Gasteiger charge is 2.26. The zero-order valence-electron chi connectivity index (χ0n) is 9.76. The van der Waals surface area contributed by atoms with E-state index in [1.165, 1.54) is 13.3 Å². The highest BCUT2D eigenvalue weighted by atomic mass is 16.5. The molecule has 2 unspecified atom stereocenters. The Morgan fingerprint density at radius 3 is 3.00 bits per heavy atom. The van der Waals surface area contributed by atoms with Gasteiger partial charge in [-0.15, -0.1) is 0 Å². The number of nitrogens with two attached hydrogens (primary N) is 1. The van der Waals surface area contributed by atoms with Crippen molar-refractivity contribution in [2.75, 3.05) is 7.11 Å². The Labute approximate surface area is 99.9 Å². The van der Waals surface area contributed by atoms with Crippen molar-refractivity contribution in [2.45, 2.75) is 31.4 Å². The van der Waals surface area contributed by atoms with E-state index < -0.39 is 5.97 Å². The number of carbonyl (C=O) groups is 1. The topological polar surface area (TPSA) is 74.4 Å². The van der Waals surface area contributed by atoms with Gasteiger partial charge in [0.1, 0.15) is 6.10 Å². The van der Waals surface area contributed by atoms with E-state index in [4.69, 9.17) is 10.5 Å². The van der Waals surface area contributed by atoms with Gasteiger partial charge in [0, 0.05) is 18.3 Å². The van der Waals surface area contributed by atoms with E-state index in [0.29, 0.717) is 11.4 Å². The fraction of sp³-hybridized carbons (Fsp3) is 0.500. The molecule has 1 fully saturated rings. The monoisotopic (exact) mass is 236 g/mol. The van der Waals surface area contributed by atoms with Crippen LogP contribution in [0.15, 0.2) is 18.3 Å². The molecule has 0 radical (unpaired) electrons. The van der Waals surface area contributed by atoms with E-state index in [2.05, 4.69) is 9.72 Å². The van der Waals surface area contributed by atoms with Crippen LogP contribution < -0.4 is 10.5 Å². The Morgan fingerprint density at radius 2 is 2.35 bits per heavy atom. The van der Waals surface area contributed by atoms with E-state index in [9.17, 15) is 4.79 Å². The van der Waals surface area contributed by atoms with Crippen molar-refractivity contribution in [3.63, 3.8) is 0 Å². The van der Waals surface area contributed by atoms with Gasteiger partial charge in [0.05, 0.1) is 12.7 Å². The zero-order valence-corrected chi connectivity index (χ0v) is 9.76. The molecule has 0 amide bonds. The fourth-order valence-corrected chi connectivity index (χ4v) is 1.97. The predicted molar refractivity (Wildman–Crippen MR) is 61.8 cm³/mol. The van der Waals surface area contributed by atoms with Gasteiger partial charge in [0.25, 0.3) is 0 Å². The van der Waals surface area contributed by atoms with E-state index in [1.807, 2.05) is 0 Å². The molecular formula is C12H16N2O3. The first kappa shape index (κ1) is 11.9. The summed E-state index contributed by atoms with van der Waals surface area (Å²) in [6.07, 6.45) is 4.51. The Bertz CT molecular complexity index is 408. The number of aromatic nitrogens is 1. The summed E-state index contributed by atoms with van der Waals surface area (Å²) in [5, 5.41) is 0. The second kappa shape index (κ2) is 5.14. The Hall–Kier alpha value is -1.62. The van der Waals surface area contributed by atoms with Crippen LogP contribution in [0.2, 0.25) is 0 Å². The van der Waals surface area contributed by atoms with Gasteiger partial charge in [0.15, 0.2) is 0 Å². The van der Waals surface area contributed by atoms with Crippen LogP contribution in [0.1, 0.15) is 29.6 Å². The third kappa shape index (κ3) is 2.74. The average molecular weight is 236 g/mol. The lowest BCUT2D eigenvalue weighted by atomic mass is 10.2. The second-order valence-corrected chi connectivity index (χ2v) is 4.13. The maximum absolute atomic E-state index is 11.3. The van der Waals surface area contributed by atoms with Crippen LogP contribution in [0.4, 0.5) is 0 Å². The van der Waals surface area contributed by atoms with Gasteiger partial charge >= 0.3 is 5.97 Å². The quantitative estimate of drug-likeness (QED) is 0.796. The minimum Gasteiger partial charge on any atom is -0.473 e. The molecule has 1 saturated carbocycles. The van der Waals surface area contributed by atoms with Crippen molar-refractivity contribution in [1.29, 1.82) is 0 Å². The maximum Gasteiger partial charge on any atom is 0.338 e. The Morgan fingerprint density at radius 1 is 1.53 bits per heavy atom. The van der Waals surface area contributed by atoms with Crippen molar-refractivity contribution in [2.24, 2.45) is 5.73 Å². The number of hydrogen-bond acceptors (Lipinski definition) is 5. The first-order valence-corrected chi connectivity index (χ1v) is 5.67. The second-order valence-electron chi connectivity index (χ2n) is 4.13. The van der Waals surface area contributed by atoms with Crippen molar-refractivity contribution >= 4 is 5.97 Å². The number of carbonyl (C=O) groups excluding carboxylic acids is 1. The molecule has 0 aliphatic heterocycles. The average Bonchev–Trinajstić information content (AvgIpc) is 2.74. The lowest BCUT2D eigenvalue weighted by Gasteiger charge is -2.17. The summed E-state index contributed by atoms with van der Waals surface area (Å²) in [5.41, 5.74) is 6.34. The van der Waals surface area contributed by atoms with Crippen LogP contribution in [0.3, 0.4) is 0 Å². The van der Waals surface area contributed by atoms with E-state index in [1.54, 1.807) is 12.1 Å². The summed E-state index contributed by atoms with van der Waals surface area (Å²) in [6, 6.07) is 3.23. The van der Waals surface area contributed by atoms with Gasteiger partial charge < -0.3 is 15.2 Å². The van der Waals surface area contributed by atoms with Crippen LogP contribution in [-0.2, 0) is 4.74 Å². The molecular weight excluding hydrogens is 220 g/mol. The maximum atomic E-state index is 11.3. The molecule has 1 aromatic heterocycles. The molecule has 0 bridgehead atoms. The first-order valence-electron chi connectivity index (χ1n) is 5.67. The SMILES string of the molecule is COC(=O)c1ccnc(OC2CCCC2N)c1. The Balaban J connectivity index is 2.08. The van der Waals surface area contributed by atoms with Crippen molar-refractivity contribution in [3.8, 4) is 5.88 Å². The summed E-state index contributed by atoms with van der Waals surface area (Å²) >= 11 is 0. The molecule has 2 rings (SSSR count). The van der Waals surface area contributed by atoms with Crippen LogP contribution >= 0.6 is 0 Å². The molecule has 17 heavy (non-hydrogen) atoms. The zero-order chi connectivity index (χ0) is 12.3. The van der Waals surface area contributed by atoms with Gasteiger partial charge in [-0.1, -0.05) is 0 Å². The highest BCUT2D eigenvalue weighted by molar-refractivity contribution is 5.89. The molecule has 1 aliphatic carbocycles. The summed E-state index contributed by atoms with van der Waals surface area (Å²) in [5.74, 6) is 0.0308. The largest absolute Gasteiger partial charge is 0.473 e. The molecule has 0 spiro atoms. The molecule has 5 nitrogen and oxygen atoms in total. The normalized spacial score (nSPS) is 23.4. The number of pyridine rings is 1. The molecule has 92 valence electrons. The number of esters is 1. The van der Waals surface area contributed by atoms with E-state index in [0.717, 1.165) is 19.3 Å². The summed E-state index contributed by atoms with van der Waals surface area (Å²) in [7, 11) is 1.34. The summed E-state index contributed by atoms with van der Waals surface area (Å²) < 4.78 is 10.3. The molecule has 0 saturated heterocycles.